The number of benzene rings is 1. The lowest BCUT2D eigenvalue weighted by Crippen LogP contribution is -2.34. The molecule has 1 aromatic carbocycles. The minimum Gasteiger partial charge on any atom is -0.496 e. The molecule has 19 heavy (non-hydrogen) atoms. The normalized spacial score (nSPS) is 11.9. The van der Waals surface area contributed by atoms with Crippen molar-refractivity contribution >= 4 is 5.91 Å². The Balaban J connectivity index is 3.02. The first-order valence-corrected chi connectivity index (χ1v) is 6.05. The van der Waals surface area contributed by atoms with E-state index in [1.165, 1.54) is 11.8 Å². The van der Waals surface area contributed by atoms with E-state index >= 15 is 0 Å². The molecule has 0 aliphatic rings. The molecule has 0 spiro atoms. The minimum atomic E-state index is -1.00. The number of hydrogen-bond donors (Lipinski definition) is 1. The maximum Gasteiger partial charge on any atom is 0.251 e. The Bertz CT molecular complexity index is 457. The predicted octanol–water partition coefficient (Wildman–Crippen LogP) is 1.35. The molecule has 1 amide bonds. The zero-order valence-corrected chi connectivity index (χ0v) is 12.1. The zero-order chi connectivity index (χ0) is 14.6. The van der Waals surface area contributed by atoms with Crippen molar-refractivity contribution in [3.8, 4) is 11.5 Å². The van der Waals surface area contributed by atoms with Crippen LogP contribution in [0.1, 0.15) is 18.1 Å². The van der Waals surface area contributed by atoms with Gasteiger partial charge in [-0.25, -0.2) is 0 Å². The molecule has 1 unspecified atom stereocenters. The van der Waals surface area contributed by atoms with E-state index in [4.69, 9.17) is 9.47 Å². The van der Waals surface area contributed by atoms with Gasteiger partial charge in [-0.3, -0.25) is 4.79 Å². The number of carbonyl (C=O) groups excluding carboxylic acids is 1. The Kier molecular flexibility index (Phi) is 5.18. The third-order valence-electron chi connectivity index (χ3n) is 3.00. The lowest BCUT2D eigenvalue weighted by molar-refractivity contribution is -0.138. The van der Waals surface area contributed by atoms with Crippen LogP contribution in [0, 0.1) is 6.92 Å². The number of carbonyl (C=O) groups is 1. The molecule has 5 nitrogen and oxygen atoms in total. The van der Waals surface area contributed by atoms with Crippen molar-refractivity contribution in [1.82, 2.24) is 4.90 Å². The number of ether oxygens (including phenoxy) is 2. The van der Waals surface area contributed by atoms with Crippen molar-refractivity contribution in [2.45, 2.75) is 26.5 Å². The Labute approximate surface area is 113 Å². The first-order valence-electron chi connectivity index (χ1n) is 6.05. The highest BCUT2D eigenvalue weighted by molar-refractivity contribution is 5.80. The van der Waals surface area contributed by atoms with Gasteiger partial charge >= 0.3 is 0 Å². The fourth-order valence-electron chi connectivity index (χ4n) is 2.01. The van der Waals surface area contributed by atoms with Gasteiger partial charge in [0, 0.05) is 24.7 Å². The fourth-order valence-corrected chi connectivity index (χ4v) is 2.01. The van der Waals surface area contributed by atoms with Crippen molar-refractivity contribution in [3.05, 3.63) is 23.3 Å². The van der Waals surface area contributed by atoms with Gasteiger partial charge in [0.25, 0.3) is 5.91 Å². The van der Waals surface area contributed by atoms with Crippen LogP contribution < -0.4 is 9.47 Å². The molecule has 0 saturated heterocycles. The zero-order valence-electron chi connectivity index (χ0n) is 12.1. The van der Waals surface area contributed by atoms with Crippen molar-refractivity contribution in [3.63, 3.8) is 0 Å². The Hall–Kier alpha value is -1.75. The molecule has 5 heteroatoms. The van der Waals surface area contributed by atoms with Gasteiger partial charge in [-0.05, 0) is 26.0 Å². The van der Waals surface area contributed by atoms with Crippen LogP contribution >= 0.6 is 0 Å². The molecule has 0 heterocycles. The number of aliphatic hydroxyl groups is 1. The first kappa shape index (κ1) is 15.3. The SMILES string of the molecule is COc1ccc(CN(C)C(=O)C(C)O)c(OC)c1C. The standard InChI is InChI=1S/C14H21NO4/c1-9-12(18-4)7-6-11(13(9)19-5)8-15(3)14(17)10(2)16/h6-7,10,16H,8H2,1-5H3. The molecular formula is C14H21NO4. The van der Waals surface area contributed by atoms with E-state index < -0.39 is 6.10 Å². The third-order valence-corrected chi connectivity index (χ3v) is 3.00. The van der Waals surface area contributed by atoms with E-state index in [0.717, 1.165) is 16.9 Å². The molecule has 0 bridgehead atoms. The second-order valence-electron chi connectivity index (χ2n) is 4.46. The van der Waals surface area contributed by atoms with Gasteiger partial charge in [-0.1, -0.05) is 0 Å². The van der Waals surface area contributed by atoms with E-state index in [0.29, 0.717) is 12.3 Å². The smallest absolute Gasteiger partial charge is 0.251 e. The molecule has 0 saturated carbocycles. The van der Waals surface area contributed by atoms with E-state index in [9.17, 15) is 9.90 Å². The second-order valence-corrected chi connectivity index (χ2v) is 4.46. The number of amides is 1. The molecule has 1 N–H and O–H groups in total. The summed E-state index contributed by atoms with van der Waals surface area (Å²) in [5, 5.41) is 9.29. The summed E-state index contributed by atoms with van der Waals surface area (Å²) in [6, 6.07) is 3.70. The van der Waals surface area contributed by atoms with Gasteiger partial charge in [0.15, 0.2) is 0 Å². The number of rotatable bonds is 5. The molecule has 1 rings (SSSR count). The molecule has 0 aromatic heterocycles. The van der Waals surface area contributed by atoms with Crippen LogP contribution in [0.15, 0.2) is 12.1 Å². The summed E-state index contributed by atoms with van der Waals surface area (Å²) in [5.74, 6) is 1.12. The lowest BCUT2D eigenvalue weighted by atomic mass is 10.1. The Morgan fingerprint density at radius 3 is 2.47 bits per heavy atom. The highest BCUT2D eigenvalue weighted by Crippen LogP contribution is 2.31. The van der Waals surface area contributed by atoms with Gasteiger partial charge in [-0.2, -0.15) is 0 Å². The molecule has 0 fully saturated rings. The molecule has 0 radical (unpaired) electrons. The molecule has 0 aliphatic heterocycles. The summed E-state index contributed by atoms with van der Waals surface area (Å²) in [4.78, 5) is 13.1. The van der Waals surface area contributed by atoms with Crippen LogP contribution in [0.3, 0.4) is 0 Å². The van der Waals surface area contributed by atoms with Crippen LogP contribution in [0.25, 0.3) is 0 Å². The summed E-state index contributed by atoms with van der Waals surface area (Å²) in [5.41, 5.74) is 1.76. The fraction of sp³-hybridized carbons (Fsp3) is 0.500. The topological polar surface area (TPSA) is 59.0 Å². The van der Waals surface area contributed by atoms with E-state index in [-0.39, 0.29) is 5.91 Å². The van der Waals surface area contributed by atoms with Crippen molar-refractivity contribution < 1.29 is 19.4 Å². The maximum absolute atomic E-state index is 11.7. The molecule has 106 valence electrons. The minimum absolute atomic E-state index is 0.324. The van der Waals surface area contributed by atoms with Gasteiger partial charge in [-0.15, -0.1) is 0 Å². The second kappa shape index (κ2) is 6.43. The number of methoxy groups -OCH3 is 2. The molecule has 1 aromatic rings. The number of nitrogens with zero attached hydrogens (tertiary/aromatic N) is 1. The van der Waals surface area contributed by atoms with E-state index in [1.807, 2.05) is 19.1 Å². The molecular weight excluding hydrogens is 246 g/mol. The van der Waals surface area contributed by atoms with Gasteiger partial charge in [0.05, 0.1) is 14.2 Å². The Morgan fingerprint density at radius 2 is 2.00 bits per heavy atom. The summed E-state index contributed by atoms with van der Waals surface area (Å²) < 4.78 is 10.6. The molecule has 1 atom stereocenters. The van der Waals surface area contributed by atoms with Gasteiger partial charge < -0.3 is 19.5 Å². The summed E-state index contributed by atoms with van der Waals surface area (Å²) in [6.45, 7) is 3.73. The lowest BCUT2D eigenvalue weighted by Gasteiger charge is -2.21. The first-order chi connectivity index (χ1) is 8.92. The number of hydrogen-bond acceptors (Lipinski definition) is 4. The summed E-state index contributed by atoms with van der Waals surface area (Å²) in [7, 11) is 4.83. The largest absolute Gasteiger partial charge is 0.496 e. The monoisotopic (exact) mass is 267 g/mol. The highest BCUT2D eigenvalue weighted by Gasteiger charge is 2.18. The van der Waals surface area contributed by atoms with Crippen LogP contribution in [0.2, 0.25) is 0 Å². The highest BCUT2D eigenvalue weighted by atomic mass is 16.5. The summed E-state index contributed by atoms with van der Waals surface area (Å²) >= 11 is 0. The van der Waals surface area contributed by atoms with Crippen LogP contribution in [0.5, 0.6) is 11.5 Å². The number of aliphatic hydroxyl groups excluding tert-OH is 1. The van der Waals surface area contributed by atoms with Crippen molar-refractivity contribution in [2.75, 3.05) is 21.3 Å². The molecule has 0 aliphatic carbocycles. The average molecular weight is 267 g/mol. The average Bonchev–Trinajstić information content (AvgIpc) is 2.38. The third kappa shape index (κ3) is 3.38. The maximum atomic E-state index is 11.7. The van der Waals surface area contributed by atoms with Crippen LogP contribution in [0.4, 0.5) is 0 Å². The van der Waals surface area contributed by atoms with Gasteiger partial charge in [0.2, 0.25) is 0 Å². The van der Waals surface area contributed by atoms with Crippen molar-refractivity contribution in [1.29, 1.82) is 0 Å². The van der Waals surface area contributed by atoms with E-state index in [2.05, 4.69) is 0 Å². The quantitative estimate of drug-likeness (QED) is 0.875. The summed E-state index contributed by atoms with van der Waals surface area (Å²) in [6.07, 6.45) is -1.00. The van der Waals surface area contributed by atoms with Crippen LogP contribution in [-0.4, -0.2) is 43.3 Å². The van der Waals surface area contributed by atoms with Crippen molar-refractivity contribution in [2.24, 2.45) is 0 Å². The number of likely N-dealkylation sites (N-methyl/N-ethyl adjacent to an activating group) is 1. The van der Waals surface area contributed by atoms with Crippen LogP contribution in [-0.2, 0) is 11.3 Å². The van der Waals surface area contributed by atoms with E-state index in [1.54, 1.807) is 21.3 Å². The van der Waals surface area contributed by atoms with Gasteiger partial charge in [0.1, 0.15) is 17.6 Å². The predicted molar refractivity (Wildman–Crippen MR) is 72.4 cm³/mol. The Morgan fingerprint density at radius 1 is 1.37 bits per heavy atom.